The molecule has 8 heteroatoms. The molecular formula is C15H21N5O3. The fourth-order valence-corrected chi connectivity index (χ4v) is 3.03. The van der Waals surface area contributed by atoms with E-state index in [1.165, 1.54) is 5.01 Å². The van der Waals surface area contributed by atoms with Gasteiger partial charge in [0.15, 0.2) is 0 Å². The number of hydrazone groups is 1. The molecule has 1 saturated carbocycles. The quantitative estimate of drug-likeness (QED) is 0.813. The van der Waals surface area contributed by atoms with Gasteiger partial charge in [0.25, 0.3) is 5.91 Å². The number of nitrogens with one attached hydrogen (secondary N) is 1. The summed E-state index contributed by atoms with van der Waals surface area (Å²) in [5, 5.41) is 22.0. The van der Waals surface area contributed by atoms with Crippen molar-refractivity contribution in [2.24, 2.45) is 18.1 Å². The first-order valence-corrected chi connectivity index (χ1v) is 7.75. The minimum Gasteiger partial charge on any atom is -0.393 e. The molecule has 8 nitrogen and oxygen atoms in total. The van der Waals surface area contributed by atoms with E-state index in [1.54, 1.807) is 17.9 Å². The highest BCUT2D eigenvalue weighted by atomic mass is 16.3. The number of amides is 2. The molecular weight excluding hydrogens is 298 g/mol. The van der Waals surface area contributed by atoms with Crippen LogP contribution in [0.25, 0.3) is 0 Å². The summed E-state index contributed by atoms with van der Waals surface area (Å²) in [5.41, 5.74) is 1.28. The summed E-state index contributed by atoms with van der Waals surface area (Å²) in [7, 11) is 3.37. The van der Waals surface area contributed by atoms with Gasteiger partial charge in [-0.15, -0.1) is 0 Å². The van der Waals surface area contributed by atoms with Gasteiger partial charge >= 0.3 is 0 Å². The van der Waals surface area contributed by atoms with Gasteiger partial charge in [-0.25, -0.2) is 5.01 Å². The highest BCUT2D eigenvalue weighted by Crippen LogP contribution is 2.38. The Morgan fingerprint density at radius 1 is 1.39 bits per heavy atom. The van der Waals surface area contributed by atoms with Crippen molar-refractivity contribution in [2.75, 3.05) is 7.05 Å². The summed E-state index contributed by atoms with van der Waals surface area (Å²) in [4.78, 5) is 24.0. The van der Waals surface area contributed by atoms with E-state index in [-0.39, 0.29) is 29.9 Å². The molecule has 0 saturated heterocycles. The summed E-state index contributed by atoms with van der Waals surface area (Å²) >= 11 is 0. The number of hydrogen-bond donors (Lipinski definition) is 2. The zero-order chi connectivity index (χ0) is 16.6. The van der Waals surface area contributed by atoms with E-state index in [0.29, 0.717) is 31.4 Å². The highest BCUT2D eigenvalue weighted by molar-refractivity contribution is 6.39. The normalized spacial score (nSPS) is 25.6. The molecule has 0 radical (unpaired) electrons. The Kier molecular flexibility index (Phi) is 4.16. The van der Waals surface area contributed by atoms with E-state index >= 15 is 0 Å². The zero-order valence-electron chi connectivity index (χ0n) is 13.3. The smallest absolute Gasteiger partial charge is 0.267 e. The first-order chi connectivity index (χ1) is 10.9. The zero-order valence-corrected chi connectivity index (χ0v) is 13.3. The lowest BCUT2D eigenvalue weighted by molar-refractivity contribution is -0.130. The summed E-state index contributed by atoms with van der Waals surface area (Å²) < 4.78 is 1.69. The van der Waals surface area contributed by atoms with E-state index in [2.05, 4.69) is 15.5 Å². The van der Waals surface area contributed by atoms with E-state index in [1.807, 2.05) is 13.2 Å². The molecule has 3 rings (SSSR count). The van der Waals surface area contributed by atoms with Gasteiger partial charge in [0, 0.05) is 38.7 Å². The van der Waals surface area contributed by atoms with Crippen LogP contribution in [0, 0.1) is 5.92 Å². The maximum Gasteiger partial charge on any atom is 0.267 e. The van der Waals surface area contributed by atoms with Gasteiger partial charge in [-0.1, -0.05) is 0 Å². The maximum atomic E-state index is 12.5. The molecule has 1 aromatic rings. The number of aliphatic hydroxyl groups excluding tert-OH is 1. The molecule has 0 aromatic carbocycles. The van der Waals surface area contributed by atoms with Crippen LogP contribution in [0.4, 0.5) is 0 Å². The van der Waals surface area contributed by atoms with Crippen molar-refractivity contribution in [3.8, 4) is 0 Å². The van der Waals surface area contributed by atoms with Gasteiger partial charge in [-0.2, -0.15) is 10.2 Å². The minimum atomic E-state index is -0.299. The fraction of sp³-hybridized carbons (Fsp3) is 0.600. The monoisotopic (exact) mass is 319 g/mol. The van der Waals surface area contributed by atoms with Gasteiger partial charge in [-0.05, 0) is 18.8 Å². The average Bonchev–Trinajstić information content (AvgIpc) is 2.91. The number of hydrogen-bond acceptors (Lipinski definition) is 5. The molecule has 1 atom stereocenters. The second-order valence-electron chi connectivity index (χ2n) is 6.25. The Morgan fingerprint density at radius 2 is 2.13 bits per heavy atom. The van der Waals surface area contributed by atoms with E-state index in [9.17, 15) is 14.7 Å². The number of rotatable bonds is 4. The second-order valence-corrected chi connectivity index (χ2v) is 6.25. The molecule has 0 spiro atoms. The number of aryl methyl sites for hydroxylation is 1. The van der Waals surface area contributed by atoms with Gasteiger partial charge in [0.05, 0.1) is 18.3 Å². The molecule has 124 valence electrons. The molecule has 1 aromatic heterocycles. The van der Waals surface area contributed by atoms with Crippen LogP contribution in [0.15, 0.2) is 17.5 Å². The number of nitrogens with zero attached hydrogens (tertiary/aromatic N) is 4. The third kappa shape index (κ3) is 3.26. The van der Waals surface area contributed by atoms with Crippen LogP contribution in [0.1, 0.15) is 37.3 Å². The third-order valence-electron chi connectivity index (χ3n) is 4.46. The van der Waals surface area contributed by atoms with Crippen molar-refractivity contribution < 1.29 is 14.7 Å². The molecule has 23 heavy (non-hydrogen) atoms. The Labute approximate surface area is 134 Å². The van der Waals surface area contributed by atoms with Gasteiger partial charge in [0.1, 0.15) is 5.71 Å². The standard InChI is InChI=1S/C15H21N5O3/c1-19-8-10(7-16-19)14(9-5-11(21)6-9)17-15(23)12-3-4-13(22)20(2)18-12/h7-9,11,14,21H,3-6H2,1-2H3,(H,17,23)/t9?,11?,14-/m1/s1. The molecule has 1 aliphatic heterocycles. The van der Waals surface area contributed by atoms with E-state index < -0.39 is 0 Å². The van der Waals surface area contributed by atoms with Crippen molar-refractivity contribution in [1.82, 2.24) is 20.1 Å². The predicted octanol–water partition coefficient (Wildman–Crippen LogP) is -0.0435. The van der Waals surface area contributed by atoms with Crippen LogP contribution in [0.5, 0.6) is 0 Å². The van der Waals surface area contributed by atoms with Crippen molar-refractivity contribution >= 4 is 17.5 Å². The SMILES string of the molecule is CN1N=C(C(=O)N[C@@H](c2cnn(C)c2)C2CC(O)C2)CCC1=O. The lowest BCUT2D eigenvalue weighted by Crippen LogP contribution is -2.44. The van der Waals surface area contributed by atoms with E-state index in [0.717, 1.165) is 5.56 Å². The Morgan fingerprint density at radius 3 is 2.70 bits per heavy atom. The van der Waals surface area contributed by atoms with E-state index in [4.69, 9.17) is 0 Å². The Hall–Kier alpha value is -2.22. The number of aliphatic hydroxyl groups is 1. The molecule has 0 unspecified atom stereocenters. The van der Waals surface area contributed by atoms with Crippen molar-refractivity contribution in [2.45, 2.75) is 37.8 Å². The molecule has 1 fully saturated rings. The van der Waals surface area contributed by atoms with Crippen LogP contribution in [-0.2, 0) is 16.6 Å². The third-order valence-corrected chi connectivity index (χ3v) is 4.46. The van der Waals surface area contributed by atoms with Crippen LogP contribution >= 0.6 is 0 Å². The minimum absolute atomic E-state index is 0.0903. The summed E-state index contributed by atoms with van der Waals surface area (Å²) in [6.45, 7) is 0. The topological polar surface area (TPSA) is 99.8 Å². The number of carbonyl (C=O) groups is 2. The Balaban J connectivity index is 1.74. The lowest BCUT2D eigenvalue weighted by Gasteiger charge is -2.37. The predicted molar refractivity (Wildman–Crippen MR) is 82.3 cm³/mol. The first kappa shape index (κ1) is 15.7. The average molecular weight is 319 g/mol. The molecule has 2 N–H and O–H groups in total. The number of aromatic nitrogens is 2. The summed E-state index contributed by atoms with van der Waals surface area (Å²) in [6.07, 6.45) is 5.26. The van der Waals surface area contributed by atoms with Gasteiger partial charge in [-0.3, -0.25) is 14.3 Å². The molecule has 1 aliphatic carbocycles. The summed E-state index contributed by atoms with van der Waals surface area (Å²) in [6, 6.07) is -0.203. The lowest BCUT2D eigenvalue weighted by atomic mass is 9.75. The first-order valence-electron chi connectivity index (χ1n) is 7.75. The van der Waals surface area contributed by atoms with Gasteiger partial charge < -0.3 is 10.4 Å². The Bertz CT molecular complexity index is 647. The van der Waals surface area contributed by atoms with Crippen molar-refractivity contribution in [3.63, 3.8) is 0 Å². The van der Waals surface area contributed by atoms with Crippen molar-refractivity contribution in [1.29, 1.82) is 0 Å². The molecule has 2 aliphatic rings. The molecule has 2 amide bonds. The summed E-state index contributed by atoms with van der Waals surface area (Å²) in [5.74, 6) is -0.172. The van der Waals surface area contributed by atoms with Gasteiger partial charge in [0.2, 0.25) is 5.91 Å². The maximum absolute atomic E-state index is 12.5. The van der Waals surface area contributed by atoms with Crippen LogP contribution in [0.2, 0.25) is 0 Å². The second kappa shape index (κ2) is 6.11. The van der Waals surface area contributed by atoms with Crippen LogP contribution < -0.4 is 5.32 Å². The van der Waals surface area contributed by atoms with Crippen LogP contribution in [-0.4, -0.2) is 50.6 Å². The van der Waals surface area contributed by atoms with Crippen LogP contribution in [0.3, 0.4) is 0 Å². The highest BCUT2D eigenvalue weighted by Gasteiger charge is 2.37. The molecule has 0 bridgehead atoms. The molecule has 2 heterocycles. The number of carbonyl (C=O) groups excluding carboxylic acids is 2. The van der Waals surface area contributed by atoms with Crippen molar-refractivity contribution in [3.05, 3.63) is 18.0 Å². The largest absolute Gasteiger partial charge is 0.393 e. The fourth-order valence-electron chi connectivity index (χ4n) is 3.03.